The van der Waals surface area contributed by atoms with Crippen molar-refractivity contribution >= 4 is 51.4 Å². The zero-order chi connectivity index (χ0) is 18.4. The van der Waals surface area contributed by atoms with Crippen LogP contribution in [0.3, 0.4) is 0 Å². The van der Waals surface area contributed by atoms with Crippen LogP contribution in [-0.2, 0) is 0 Å². The van der Waals surface area contributed by atoms with Crippen molar-refractivity contribution in [2.24, 2.45) is 0 Å². The summed E-state index contributed by atoms with van der Waals surface area (Å²) >= 11 is 12.0. The van der Waals surface area contributed by atoms with Gasteiger partial charge in [0.15, 0.2) is 0 Å². The Bertz CT molecular complexity index is 1120. The molecule has 1 N–H and O–H groups in total. The van der Waals surface area contributed by atoms with Crippen molar-refractivity contribution in [3.63, 3.8) is 0 Å². The Balaban J connectivity index is 1.82. The smallest absolute Gasteiger partial charge is 0.211 e. The average Bonchev–Trinajstić information content (AvgIpc) is 2.62. The van der Waals surface area contributed by atoms with Crippen LogP contribution in [0.25, 0.3) is 10.9 Å². The van der Waals surface area contributed by atoms with E-state index in [1.807, 2.05) is 0 Å². The third-order valence-corrected chi connectivity index (χ3v) is 4.80. The third kappa shape index (κ3) is 2.77. The van der Waals surface area contributed by atoms with Gasteiger partial charge in [-0.15, -0.1) is 0 Å². The SMILES string of the molecule is Cc1c2c(nc3ccc(Cl)cc13)C(=O)C=C(Nc1ccc(Cl)cc1)C2=O. The molecule has 4 nitrogen and oxygen atoms in total. The highest BCUT2D eigenvalue weighted by molar-refractivity contribution is 6.32. The van der Waals surface area contributed by atoms with Crippen LogP contribution in [0.4, 0.5) is 5.69 Å². The molecule has 0 atom stereocenters. The minimum Gasteiger partial charge on any atom is -0.352 e. The van der Waals surface area contributed by atoms with Gasteiger partial charge in [0, 0.05) is 27.2 Å². The molecule has 0 aliphatic heterocycles. The standard InChI is InChI=1S/C20H12Cl2N2O2/c1-10-14-8-12(22)4-7-15(14)24-19-17(25)9-16(20(26)18(10)19)23-13-5-2-11(21)3-6-13/h2-9,23H,1H3. The Morgan fingerprint density at radius 3 is 2.38 bits per heavy atom. The van der Waals surface area contributed by atoms with Crippen molar-refractivity contribution in [3.8, 4) is 0 Å². The number of anilines is 1. The number of nitrogens with zero attached hydrogens (tertiary/aromatic N) is 1. The molecule has 0 spiro atoms. The molecule has 1 aliphatic rings. The van der Waals surface area contributed by atoms with Crippen LogP contribution < -0.4 is 5.32 Å². The minimum absolute atomic E-state index is 0.170. The Hall–Kier alpha value is -2.69. The first-order valence-corrected chi connectivity index (χ1v) is 8.63. The highest BCUT2D eigenvalue weighted by atomic mass is 35.5. The van der Waals surface area contributed by atoms with E-state index < -0.39 is 0 Å². The second-order valence-electron chi connectivity index (χ2n) is 6.01. The predicted octanol–water partition coefficient (Wildman–Crippen LogP) is 5.23. The van der Waals surface area contributed by atoms with Gasteiger partial charge in [-0.2, -0.15) is 0 Å². The number of aryl methyl sites for hydroxylation is 1. The fourth-order valence-electron chi connectivity index (χ4n) is 3.03. The topological polar surface area (TPSA) is 59.1 Å². The van der Waals surface area contributed by atoms with Gasteiger partial charge in [-0.1, -0.05) is 23.2 Å². The fraction of sp³-hybridized carbons (Fsp3) is 0.0500. The molecule has 2 aromatic carbocycles. The molecule has 0 bridgehead atoms. The maximum atomic E-state index is 13.0. The molecule has 0 saturated carbocycles. The van der Waals surface area contributed by atoms with E-state index in [1.165, 1.54) is 6.08 Å². The number of aromatic nitrogens is 1. The van der Waals surface area contributed by atoms with E-state index >= 15 is 0 Å². The Labute approximate surface area is 159 Å². The maximum Gasteiger partial charge on any atom is 0.211 e. The lowest BCUT2D eigenvalue weighted by molar-refractivity contribution is 0.0982. The molecule has 1 aromatic heterocycles. The van der Waals surface area contributed by atoms with E-state index in [-0.39, 0.29) is 23.0 Å². The molecule has 3 aromatic rings. The number of ketones is 2. The summed E-state index contributed by atoms with van der Waals surface area (Å²) in [7, 11) is 0. The number of hydrogen-bond donors (Lipinski definition) is 1. The molecular formula is C20H12Cl2N2O2. The molecule has 0 saturated heterocycles. The van der Waals surface area contributed by atoms with E-state index in [2.05, 4.69) is 10.3 Å². The summed E-state index contributed by atoms with van der Waals surface area (Å²) in [6, 6.07) is 12.1. The lowest BCUT2D eigenvalue weighted by Crippen LogP contribution is -2.24. The van der Waals surface area contributed by atoms with E-state index in [0.29, 0.717) is 32.4 Å². The molecule has 0 unspecified atom stereocenters. The number of rotatable bonds is 2. The van der Waals surface area contributed by atoms with E-state index in [9.17, 15) is 9.59 Å². The van der Waals surface area contributed by atoms with Crippen LogP contribution in [0.5, 0.6) is 0 Å². The van der Waals surface area contributed by atoms with Gasteiger partial charge in [-0.3, -0.25) is 9.59 Å². The molecule has 0 fully saturated rings. The number of Topliss-reactive ketones (excluding diaryl/α,β-unsaturated/α-hetero) is 1. The summed E-state index contributed by atoms with van der Waals surface area (Å²) in [6.07, 6.45) is 1.29. The normalized spacial score (nSPS) is 13.6. The number of carbonyl (C=O) groups is 2. The van der Waals surface area contributed by atoms with Crippen molar-refractivity contribution < 1.29 is 9.59 Å². The van der Waals surface area contributed by atoms with Crippen molar-refractivity contribution in [1.82, 2.24) is 4.98 Å². The minimum atomic E-state index is -0.309. The first-order valence-electron chi connectivity index (χ1n) is 7.87. The second-order valence-corrected chi connectivity index (χ2v) is 6.88. The molecule has 6 heteroatoms. The number of carbonyl (C=O) groups excluding carboxylic acids is 2. The van der Waals surface area contributed by atoms with Crippen molar-refractivity contribution in [2.45, 2.75) is 6.92 Å². The van der Waals surface area contributed by atoms with Gasteiger partial charge in [-0.05, 0) is 55.0 Å². The summed E-state index contributed by atoms with van der Waals surface area (Å²) in [5.41, 5.74) is 2.67. The van der Waals surface area contributed by atoms with Crippen molar-refractivity contribution in [1.29, 1.82) is 0 Å². The largest absolute Gasteiger partial charge is 0.352 e. The van der Waals surface area contributed by atoms with Gasteiger partial charge in [0.1, 0.15) is 5.69 Å². The fourth-order valence-corrected chi connectivity index (χ4v) is 3.33. The molecule has 128 valence electrons. The maximum absolute atomic E-state index is 13.0. The summed E-state index contributed by atoms with van der Waals surface area (Å²) in [5.74, 6) is -0.586. The average molecular weight is 383 g/mol. The number of fused-ring (bicyclic) bond motifs is 2. The lowest BCUT2D eigenvalue weighted by atomic mass is 9.91. The van der Waals surface area contributed by atoms with Crippen LogP contribution in [0.15, 0.2) is 54.2 Å². The van der Waals surface area contributed by atoms with E-state index in [1.54, 1.807) is 49.4 Å². The molecule has 4 rings (SSSR count). The van der Waals surface area contributed by atoms with Crippen molar-refractivity contribution in [2.75, 3.05) is 5.32 Å². The molecule has 1 aliphatic carbocycles. The lowest BCUT2D eigenvalue weighted by Gasteiger charge is -2.19. The molecule has 0 amide bonds. The van der Waals surface area contributed by atoms with E-state index in [4.69, 9.17) is 23.2 Å². The van der Waals surface area contributed by atoms with Crippen LogP contribution >= 0.6 is 23.2 Å². The quantitative estimate of drug-likeness (QED) is 0.659. The van der Waals surface area contributed by atoms with Crippen LogP contribution in [-0.4, -0.2) is 16.6 Å². The summed E-state index contributed by atoms with van der Waals surface area (Å²) in [4.78, 5) is 30.0. The van der Waals surface area contributed by atoms with Crippen molar-refractivity contribution in [3.05, 3.63) is 81.1 Å². The third-order valence-electron chi connectivity index (χ3n) is 4.31. The highest BCUT2D eigenvalue weighted by Gasteiger charge is 2.30. The number of hydrogen-bond acceptors (Lipinski definition) is 4. The second kappa shape index (κ2) is 6.24. The zero-order valence-corrected chi connectivity index (χ0v) is 15.2. The number of nitrogens with one attached hydrogen (secondary N) is 1. The van der Waals surface area contributed by atoms with Gasteiger partial charge in [0.2, 0.25) is 11.6 Å². The van der Waals surface area contributed by atoms with Gasteiger partial charge in [0.25, 0.3) is 0 Å². The number of halogens is 2. The number of allylic oxidation sites excluding steroid dienone is 2. The van der Waals surface area contributed by atoms with Crippen LogP contribution in [0, 0.1) is 6.92 Å². The van der Waals surface area contributed by atoms with E-state index in [0.717, 1.165) is 5.39 Å². The Morgan fingerprint density at radius 2 is 1.65 bits per heavy atom. The number of pyridine rings is 1. The summed E-state index contributed by atoms with van der Waals surface area (Å²) in [6.45, 7) is 1.80. The summed E-state index contributed by atoms with van der Waals surface area (Å²) < 4.78 is 0. The van der Waals surface area contributed by atoms with Crippen LogP contribution in [0.1, 0.15) is 26.4 Å². The Morgan fingerprint density at radius 1 is 0.962 bits per heavy atom. The first kappa shape index (κ1) is 16.8. The molecule has 0 radical (unpaired) electrons. The number of benzene rings is 2. The monoisotopic (exact) mass is 382 g/mol. The van der Waals surface area contributed by atoms with Gasteiger partial charge >= 0.3 is 0 Å². The van der Waals surface area contributed by atoms with Gasteiger partial charge in [0.05, 0.1) is 16.8 Å². The van der Waals surface area contributed by atoms with Crippen LogP contribution in [0.2, 0.25) is 10.0 Å². The molecule has 1 heterocycles. The first-order chi connectivity index (χ1) is 12.4. The summed E-state index contributed by atoms with van der Waals surface area (Å²) in [5, 5.41) is 4.88. The van der Waals surface area contributed by atoms with Gasteiger partial charge in [-0.25, -0.2) is 4.98 Å². The predicted molar refractivity (Wildman–Crippen MR) is 103 cm³/mol. The molecular weight excluding hydrogens is 371 g/mol. The molecule has 26 heavy (non-hydrogen) atoms. The zero-order valence-electron chi connectivity index (χ0n) is 13.6. The van der Waals surface area contributed by atoms with Gasteiger partial charge < -0.3 is 5.32 Å². The Kier molecular flexibility index (Phi) is 4.02. The highest BCUT2D eigenvalue weighted by Crippen LogP contribution is 2.30.